The highest BCUT2D eigenvalue weighted by atomic mass is 19.4. The van der Waals surface area contributed by atoms with E-state index >= 15 is 0 Å². The van der Waals surface area contributed by atoms with Gasteiger partial charge in [0.2, 0.25) is 0 Å². The van der Waals surface area contributed by atoms with Crippen molar-refractivity contribution < 1.29 is 27.5 Å². The lowest BCUT2D eigenvalue weighted by Gasteiger charge is -2.22. The van der Waals surface area contributed by atoms with Gasteiger partial charge in [-0.25, -0.2) is 4.79 Å². The Bertz CT molecular complexity index is 533. The first kappa shape index (κ1) is 18.5. The minimum absolute atomic E-state index is 0.0462. The fraction of sp³-hybridized carbons (Fsp3) is 0.333. The SMILES string of the molecule is C=CCN(CCNC(=O)OCc1ccccc1)C(=O)C(F)(F)F. The van der Waals surface area contributed by atoms with Crippen LogP contribution >= 0.6 is 0 Å². The molecule has 0 bridgehead atoms. The molecule has 5 nitrogen and oxygen atoms in total. The summed E-state index contributed by atoms with van der Waals surface area (Å²) >= 11 is 0. The summed E-state index contributed by atoms with van der Waals surface area (Å²) in [5, 5.41) is 2.29. The Morgan fingerprint density at radius 3 is 2.48 bits per heavy atom. The minimum atomic E-state index is -4.96. The summed E-state index contributed by atoms with van der Waals surface area (Å²) in [6.45, 7) is 2.62. The molecule has 0 aromatic heterocycles. The molecule has 1 N–H and O–H groups in total. The van der Waals surface area contributed by atoms with E-state index in [-0.39, 0.29) is 26.2 Å². The van der Waals surface area contributed by atoms with Crippen molar-refractivity contribution in [2.45, 2.75) is 12.8 Å². The fourth-order valence-corrected chi connectivity index (χ4v) is 1.68. The van der Waals surface area contributed by atoms with Crippen LogP contribution in [0.4, 0.5) is 18.0 Å². The highest BCUT2D eigenvalue weighted by Gasteiger charge is 2.41. The molecule has 23 heavy (non-hydrogen) atoms. The third-order valence-corrected chi connectivity index (χ3v) is 2.74. The summed E-state index contributed by atoms with van der Waals surface area (Å²) in [5.74, 6) is -1.98. The fourth-order valence-electron chi connectivity index (χ4n) is 1.68. The van der Waals surface area contributed by atoms with Crippen LogP contribution in [0.1, 0.15) is 5.56 Å². The predicted octanol–water partition coefficient (Wildman–Crippen LogP) is 2.49. The first-order valence-electron chi connectivity index (χ1n) is 6.76. The molecule has 0 unspecified atom stereocenters. The van der Waals surface area contributed by atoms with Gasteiger partial charge in [-0.1, -0.05) is 36.4 Å². The van der Waals surface area contributed by atoms with Crippen molar-refractivity contribution in [2.75, 3.05) is 19.6 Å². The summed E-state index contributed by atoms with van der Waals surface area (Å²) in [6, 6.07) is 8.91. The number of benzene rings is 1. The molecule has 126 valence electrons. The number of amides is 2. The van der Waals surface area contributed by atoms with Crippen molar-refractivity contribution in [2.24, 2.45) is 0 Å². The number of halogens is 3. The summed E-state index contributed by atoms with van der Waals surface area (Å²) in [5.41, 5.74) is 0.781. The van der Waals surface area contributed by atoms with Gasteiger partial charge in [0, 0.05) is 19.6 Å². The Kier molecular flexibility index (Phi) is 7.11. The van der Waals surface area contributed by atoms with Crippen molar-refractivity contribution in [3.05, 3.63) is 48.6 Å². The molecule has 1 rings (SSSR count). The number of nitrogens with one attached hydrogen (secondary N) is 1. The van der Waals surface area contributed by atoms with E-state index < -0.39 is 18.2 Å². The Labute approximate surface area is 131 Å². The maximum absolute atomic E-state index is 12.4. The molecule has 0 saturated heterocycles. The topological polar surface area (TPSA) is 58.6 Å². The Morgan fingerprint density at radius 2 is 1.91 bits per heavy atom. The molecule has 8 heteroatoms. The standard InChI is InChI=1S/C15H17F3N2O3/c1-2-9-20(13(21)15(16,17)18)10-8-19-14(22)23-11-12-6-4-3-5-7-12/h2-7H,1,8-11H2,(H,19,22). The van der Waals surface area contributed by atoms with Crippen molar-refractivity contribution >= 4 is 12.0 Å². The second-order valence-corrected chi connectivity index (χ2v) is 4.53. The van der Waals surface area contributed by atoms with E-state index in [0.717, 1.165) is 5.56 Å². The van der Waals surface area contributed by atoms with Gasteiger partial charge < -0.3 is 15.0 Å². The molecular weight excluding hydrogens is 313 g/mol. The summed E-state index contributed by atoms with van der Waals surface area (Å²) in [4.78, 5) is 23.1. The molecule has 1 aromatic rings. The molecule has 0 spiro atoms. The van der Waals surface area contributed by atoms with Crippen LogP contribution in [0, 0.1) is 0 Å². The number of ether oxygens (including phenoxy) is 1. The molecular formula is C15H17F3N2O3. The molecule has 0 aliphatic carbocycles. The average Bonchev–Trinajstić information content (AvgIpc) is 2.51. The van der Waals surface area contributed by atoms with Gasteiger partial charge in [-0.15, -0.1) is 6.58 Å². The van der Waals surface area contributed by atoms with Gasteiger partial charge in [-0.3, -0.25) is 4.79 Å². The first-order valence-corrected chi connectivity index (χ1v) is 6.76. The van der Waals surface area contributed by atoms with Crippen LogP contribution in [0.25, 0.3) is 0 Å². The quantitative estimate of drug-likeness (QED) is 0.782. The van der Waals surface area contributed by atoms with Gasteiger partial charge >= 0.3 is 18.2 Å². The second kappa shape index (κ2) is 8.82. The number of alkyl carbamates (subject to hydrolysis) is 1. The van der Waals surface area contributed by atoms with E-state index in [4.69, 9.17) is 4.74 Å². The molecule has 2 amide bonds. The van der Waals surface area contributed by atoms with Gasteiger partial charge in [-0.05, 0) is 5.56 Å². The van der Waals surface area contributed by atoms with Gasteiger partial charge in [0.25, 0.3) is 0 Å². The van der Waals surface area contributed by atoms with Gasteiger partial charge in [0.1, 0.15) is 6.61 Å². The van der Waals surface area contributed by atoms with E-state index in [1.54, 1.807) is 24.3 Å². The predicted molar refractivity (Wildman–Crippen MR) is 77.5 cm³/mol. The van der Waals surface area contributed by atoms with Crippen LogP contribution in [-0.2, 0) is 16.1 Å². The van der Waals surface area contributed by atoms with Crippen LogP contribution in [-0.4, -0.2) is 42.7 Å². The average molecular weight is 330 g/mol. The molecule has 0 heterocycles. The molecule has 0 atom stereocenters. The van der Waals surface area contributed by atoms with Crippen LogP contribution in [0.3, 0.4) is 0 Å². The zero-order valence-corrected chi connectivity index (χ0v) is 12.3. The smallest absolute Gasteiger partial charge is 0.445 e. The number of nitrogens with zero attached hydrogens (tertiary/aromatic N) is 1. The zero-order valence-electron chi connectivity index (χ0n) is 12.3. The Hall–Kier alpha value is -2.51. The lowest BCUT2D eigenvalue weighted by Crippen LogP contribution is -2.44. The van der Waals surface area contributed by atoms with E-state index in [2.05, 4.69) is 11.9 Å². The van der Waals surface area contributed by atoms with Crippen molar-refractivity contribution in [1.29, 1.82) is 0 Å². The van der Waals surface area contributed by atoms with Gasteiger partial charge in [0.05, 0.1) is 0 Å². The van der Waals surface area contributed by atoms with Crippen LogP contribution in [0.5, 0.6) is 0 Å². The number of rotatable bonds is 7. The van der Waals surface area contributed by atoms with E-state index in [1.807, 2.05) is 6.07 Å². The highest BCUT2D eigenvalue weighted by Crippen LogP contribution is 2.18. The third-order valence-electron chi connectivity index (χ3n) is 2.74. The number of hydrogen-bond donors (Lipinski definition) is 1. The summed E-state index contributed by atoms with van der Waals surface area (Å²) < 4.78 is 42.0. The zero-order chi connectivity index (χ0) is 17.3. The van der Waals surface area contributed by atoms with E-state index in [0.29, 0.717) is 4.90 Å². The van der Waals surface area contributed by atoms with Gasteiger partial charge in [0.15, 0.2) is 0 Å². The highest BCUT2D eigenvalue weighted by molar-refractivity contribution is 5.82. The Balaban J connectivity index is 2.36. The van der Waals surface area contributed by atoms with E-state index in [1.165, 1.54) is 6.08 Å². The Morgan fingerprint density at radius 1 is 1.26 bits per heavy atom. The molecule has 0 fully saturated rings. The normalized spacial score (nSPS) is 10.7. The van der Waals surface area contributed by atoms with Crippen molar-refractivity contribution in [3.8, 4) is 0 Å². The molecule has 0 aliphatic heterocycles. The minimum Gasteiger partial charge on any atom is -0.445 e. The lowest BCUT2D eigenvalue weighted by molar-refractivity contribution is -0.184. The number of carbonyl (C=O) groups excluding carboxylic acids is 2. The lowest BCUT2D eigenvalue weighted by atomic mass is 10.2. The van der Waals surface area contributed by atoms with Crippen LogP contribution in [0.15, 0.2) is 43.0 Å². The molecule has 0 saturated carbocycles. The van der Waals surface area contributed by atoms with Crippen LogP contribution in [0.2, 0.25) is 0 Å². The molecule has 0 aliphatic rings. The van der Waals surface area contributed by atoms with Gasteiger partial charge in [-0.2, -0.15) is 13.2 Å². The second-order valence-electron chi connectivity index (χ2n) is 4.53. The first-order chi connectivity index (χ1) is 10.8. The number of alkyl halides is 3. The maximum atomic E-state index is 12.4. The largest absolute Gasteiger partial charge is 0.471 e. The van der Waals surface area contributed by atoms with Crippen molar-refractivity contribution in [1.82, 2.24) is 10.2 Å². The summed E-state index contributed by atoms with van der Waals surface area (Å²) in [7, 11) is 0. The monoisotopic (exact) mass is 330 g/mol. The number of hydrogen-bond acceptors (Lipinski definition) is 3. The van der Waals surface area contributed by atoms with Crippen molar-refractivity contribution in [3.63, 3.8) is 0 Å². The molecule has 1 aromatic carbocycles. The summed E-state index contributed by atoms with van der Waals surface area (Å²) in [6.07, 6.45) is -4.55. The maximum Gasteiger partial charge on any atom is 0.471 e. The third kappa shape index (κ3) is 6.86. The molecule has 0 radical (unpaired) electrons. The van der Waals surface area contributed by atoms with E-state index in [9.17, 15) is 22.8 Å². The number of carbonyl (C=O) groups is 2. The van der Waals surface area contributed by atoms with Crippen LogP contribution < -0.4 is 5.32 Å².